The fraction of sp³-hybridized carbons (Fsp3) is 0.619. The van der Waals surface area contributed by atoms with Gasteiger partial charge in [0.05, 0.1) is 31.1 Å². The van der Waals surface area contributed by atoms with Gasteiger partial charge in [0, 0.05) is 6.54 Å². The first-order chi connectivity index (χ1) is 13.1. The zero-order valence-corrected chi connectivity index (χ0v) is 15.9. The smallest absolute Gasteiger partial charge is 0.304 e. The summed E-state index contributed by atoms with van der Waals surface area (Å²) >= 11 is 0. The van der Waals surface area contributed by atoms with E-state index < -0.39 is 11.4 Å². The molecule has 6 heteroatoms. The molecule has 0 unspecified atom stereocenters. The zero-order chi connectivity index (χ0) is 19.3. The van der Waals surface area contributed by atoms with E-state index in [4.69, 9.17) is 14.6 Å². The lowest BCUT2D eigenvalue weighted by Gasteiger charge is -2.37. The molecule has 1 aromatic carbocycles. The molecule has 0 spiro atoms. The minimum absolute atomic E-state index is 0.140. The highest BCUT2D eigenvalue weighted by Crippen LogP contribution is 2.40. The number of piperidine rings is 1. The summed E-state index contributed by atoms with van der Waals surface area (Å²) in [5, 5.41) is 18.8. The number of likely N-dealkylation sites (tertiary alicyclic amines) is 1. The molecular weight excluding hydrogens is 344 g/mol. The van der Waals surface area contributed by atoms with E-state index in [-0.39, 0.29) is 12.5 Å². The summed E-state index contributed by atoms with van der Waals surface area (Å²) in [6.45, 7) is 1.99. The number of methoxy groups -OCH3 is 1. The van der Waals surface area contributed by atoms with Crippen LogP contribution < -0.4 is 9.47 Å². The number of carboxylic acid groups (broad SMARTS) is 1. The Morgan fingerprint density at radius 2 is 2.00 bits per heavy atom. The van der Waals surface area contributed by atoms with Crippen LogP contribution in [-0.4, -0.2) is 48.8 Å². The molecule has 27 heavy (non-hydrogen) atoms. The van der Waals surface area contributed by atoms with Gasteiger partial charge in [0.1, 0.15) is 0 Å². The van der Waals surface area contributed by atoms with E-state index >= 15 is 0 Å². The van der Waals surface area contributed by atoms with Gasteiger partial charge in [-0.2, -0.15) is 5.26 Å². The van der Waals surface area contributed by atoms with E-state index in [9.17, 15) is 10.1 Å². The number of rotatable bonds is 7. The molecule has 0 bridgehead atoms. The standard InChI is InChI=1S/C21H28N2O4/c1-26-18-7-6-16(14-19(18)27-17-4-2-3-5-17)21(15-22)9-12-23(13-10-21)11-8-20(24)25/h6-7,14,17H,2-5,8-13H2,1H3,(H,24,25). The monoisotopic (exact) mass is 372 g/mol. The molecule has 146 valence electrons. The Kier molecular flexibility index (Phi) is 6.22. The molecule has 0 amide bonds. The van der Waals surface area contributed by atoms with Crippen LogP contribution in [0.15, 0.2) is 18.2 Å². The van der Waals surface area contributed by atoms with Crippen molar-refractivity contribution < 1.29 is 19.4 Å². The van der Waals surface area contributed by atoms with Crippen molar-refractivity contribution in [1.29, 1.82) is 5.26 Å². The average molecular weight is 372 g/mol. The maximum atomic E-state index is 10.8. The highest BCUT2D eigenvalue weighted by atomic mass is 16.5. The lowest BCUT2D eigenvalue weighted by molar-refractivity contribution is -0.137. The van der Waals surface area contributed by atoms with E-state index in [2.05, 4.69) is 11.0 Å². The molecule has 1 saturated heterocycles. The van der Waals surface area contributed by atoms with Gasteiger partial charge in [-0.15, -0.1) is 0 Å². The predicted octanol–water partition coefficient (Wildman–Crippen LogP) is 3.35. The van der Waals surface area contributed by atoms with Gasteiger partial charge in [-0.25, -0.2) is 0 Å². The Morgan fingerprint density at radius 1 is 1.30 bits per heavy atom. The van der Waals surface area contributed by atoms with Gasteiger partial charge in [0.25, 0.3) is 0 Å². The van der Waals surface area contributed by atoms with Gasteiger partial charge in [0.2, 0.25) is 0 Å². The fourth-order valence-electron chi connectivity index (χ4n) is 4.13. The van der Waals surface area contributed by atoms with Crippen molar-refractivity contribution in [3.8, 4) is 17.6 Å². The quantitative estimate of drug-likeness (QED) is 0.790. The molecule has 1 saturated carbocycles. The van der Waals surface area contributed by atoms with Crippen molar-refractivity contribution in [2.75, 3.05) is 26.7 Å². The number of nitrogens with zero attached hydrogens (tertiary/aromatic N) is 2. The summed E-state index contributed by atoms with van der Waals surface area (Å²) in [5.74, 6) is 0.651. The third kappa shape index (κ3) is 4.54. The number of hydrogen-bond donors (Lipinski definition) is 1. The first-order valence-electron chi connectivity index (χ1n) is 9.77. The van der Waals surface area contributed by atoms with Crippen molar-refractivity contribution in [2.24, 2.45) is 0 Å². The second-order valence-corrected chi connectivity index (χ2v) is 7.57. The van der Waals surface area contributed by atoms with E-state index in [1.807, 2.05) is 18.2 Å². The van der Waals surface area contributed by atoms with Gasteiger partial charge in [0.15, 0.2) is 11.5 Å². The number of carboxylic acids is 1. The van der Waals surface area contributed by atoms with Crippen LogP contribution in [0.2, 0.25) is 0 Å². The van der Waals surface area contributed by atoms with E-state index in [1.165, 1.54) is 12.8 Å². The first kappa shape index (κ1) is 19.5. The van der Waals surface area contributed by atoms with Gasteiger partial charge >= 0.3 is 5.97 Å². The second kappa shape index (κ2) is 8.62. The van der Waals surface area contributed by atoms with Crippen LogP contribution in [0.4, 0.5) is 0 Å². The lowest BCUT2D eigenvalue weighted by atomic mass is 9.74. The highest BCUT2D eigenvalue weighted by molar-refractivity contribution is 5.66. The van der Waals surface area contributed by atoms with Gasteiger partial charge in [-0.3, -0.25) is 4.79 Å². The van der Waals surface area contributed by atoms with Gasteiger partial charge < -0.3 is 19.5 Å². The first-order valence-corrected chi connectivity index (χ1v) is 9.77. The molecule has 2 aliphatic rings. The SMILES string of the molecule is COc1ccc(C2(C#N)CCN(CCC(=O)O)CC2)cc1OC1CCCC1. The summed E-state index contributed by atoms with van der Waals surface area (Å²) < 4.78 is 11.7. The van der Waals surface area contributed by atoms with Gasteiger partial charge in [-0.1, -0.05) is 6.07 Å². The molecule has 2 fully saturated rings. The Balaban J connectivity index is 1.75. The van der Waals surface area contributed by atoms with E-state index in [0.717, 1.165) is 37.2 Å². The van der Waals surface area contributed by atoms with Crippen molar-refractivity contribution in [3.63, 3.8) is 0 Å². The van der Waals surface area contributed by atoms with Crippen LogP contribution >= 0.6 is 0 Å². The number of aliphatic carboxylic acids is 1. The molecule has 0 radical (unpaired) electrons. The molecule has 1 aliphatic heterocycles. The number of hydrogen-bond acceptors (Lipinski definition) is 5. The molecule has 6 nitrogen and oxygen atoms in total. The summed E-state index contributed by atoms with van der Waals surface area (Å²) in [4.78, 5) is 12.9. The summed E-state index contributed by atoms with van der Waals surface area (Å²) in [5.41, 5.74) is 0.413. The number of benzene rings is 1. The molecule has 1 N–H and O–H groups in total. The molecule has 1 aliphatic carbocycles. The predicted molar refractivity (Wildman–Crippen MR) is 101 cm³/mol. The Morgan fingerprint density at radius 3 is 2.59 bits per heavy atom. The summed E-state index contributed by atoms with van der Waals surface area (Å²) in [6.07, 6.45) is 6.27. The third-order valence-electron chi connectivity index (χ3n) is 5.88. The van der Waals surface area contributed by atoms with E-state index in [1.54, 1.807) is 7.11 Å². The zero-order valence-electron chi connectivity index (χ0n) is 15.9. The number of nitriles is 1. The van der Waals surface area contributed by atoms with Crippen LogP contribution in [-0.2, 0) is 10.2 Å². The van der Waals surface area contributed by atoms with Crippen LogP contribution in [0.1, 0.15) is 50.5 Å². The molecule has 1 heterocycles. The fourth-order valence-corrected chi connectivity index (χ4v) is 4.13. The van der Waals surface area contributed by atoms with Crippen LogP contribution in [0.25, 0.3) is 0 Å². The topological polar surface area (TPSA) is 82.8 Å². The van der Waals surface area contributed by atoms with Crippen LogP contribution in [0, 0.1) is 11.3 Å². The van der Waals surface area contributed by atoms with Crippen LogP contribution in [0.3, 0.4) is 0 Å². The minimum atomic E-state index is -0.782. The Bertz CT molecular complexity index is 699. The molecular formula is C21H28N2O4. The third-order valence-corrected chi connectivity index (χ3v) is 5.88. The molecule has 3 rings (SSSR count). The second-order valence-electron chi connectivity index (χ2n) is 7.57. The number of ether oxygens (including phenoxy) is 2. The minimum Gasteiger partial charge on any atom is -0.493 e. The Hall–Kier alpha value is -2.26. The normalized spacial score (nSPS) is 20.1. The lowest BCUT2D eigenvalue weighted by Crippen LogP contribution is -2.42. The Labute approximate surface area is 160 Å². The van der Waals surface area contributed by atoms with E-state index in [0.29, 0.717) is 25.1 Å². The van der Waals surface area contributed by atoms with Crippen LogP contribution in [0.5, 0.6) is 11.5 Å². The van der Waals surface area contributed by atoms with Crippen molar-refractivity contribution in [1.82, 2.24) is 4.90 Å². The molecule has 0 aromatic heterocycles. The number of carbonyl (C=O) groups is 1. The summed E-state index contributed by atoms with van der Waals surface area (Å²) in [7, 11) is 1.64. The van der Waals surface area contributed by atoms with Crippen molar-refractivity contribution in [2.45, 2.75) is 56.5 Å². The molecule has 0 atom stereocenters. The maximum Gasteiger partial charge on any atom is 0.304 e. The highest BCUT2D eigenvalue weighted by Gasteiger charge is 2.37. The van der Waals surface area contributed by atoms with Gasteiger partial charge in [-0.05, 0) is 69.3 Å². The van der Waals surface area contributed by atoms with Crippen molar-refractivity contribution in [3.05, 3.63) is 23.8 Å². The average Bonchev–Trinajstić information content (AvgIpc) is 3.20. The maximum absolute atomic E-state index is 10.8. The molecule has 1 aromatic rings. The van der Waals surface area contributed by atoms with Crippen molar-refractivity contribution >= 4 is 5.97 Å². The largest absolute Gasteiger partial charge is 0.493 e. The summed E-state index contributed by atoms with van der Waals surface area (Å²) in [6, 6.07) is 8.38.